The van der Waals surface area contributed by atoms with Gasteiger partial charge in [-0.05, 0) is 110 Å². The van der Waals surface area contributed by atoms with Gasteiger partial charge >= 0.3 is 0 Å². The average molecular weight is 564 g/mol. The number of fused-ring (bicyclic) bond motifs is 5. The third kappa shape index (κ3) is 4.96. The standard InChI is InChI=1S/C30H45NO7S/c1-17(8-11-27(35)31-23-6-4-5-7-25(23)39(36,37)38)20-9-10-21-28-22(16-26(34)30(20,21)3)29(2)13-12-19(32)14-18(29)15-24(28)33/h4-7,17-22,24,26,28,32-34H,8-16H2,1-3H3,(H,31,35)(H,36,37,38)/t17-,18?,19?,20?,21?,22?,24?,26?,28?,29+,30-/m1/s1. The maximum atomic E-state index is 12.8. The second-order valence-electron chi connectivity index (χ2n) is 13.6. The summed E-state index contributed by atoms with van der Waals surface area (Å²) < 4.78 is 32.8. The van der Waals surface area contributed by atoms with Crippen molar-refractivity contribution < 1.29 is 33.1 Å². The molecule has 5 rings (SSSR count). The molecule has 9 heteroatoms. The molecule has 4 fully saturated rings. The lowest BCUT2D eigenvalue weighted by atomic mass is 9.43. The number of anilines is 1. The number of aliphatic hydroxyl groups excluding tert-OH is 3. The average Bonchev–Trinajstić information content (AvgIpc) is 3.22. The first-order valence-electron chi connectivity index (χ1n) is 14.7. The summed E-state index contributed by atoms with van der Waals surface area (Å²) in [4.78, 5) is 12.4. The summed E-state index contributed by atoms with van der Waals surface area (Å²) in [5.41, 5.74) is -0.244. The number of carbonyl (C=O) groups is 1. The summed E-state index contributed by atoms with van der Waals surface area (Å²) in [6, 6.07) is 5.79. The topological polar surface area (TPSA) is 144 Å². The van der Waals surface area contributed by atoms with Crippen LogP contribution in [0.3, 0.4) is 0 Å². The molecule has 218 valence electrons. The smallest absolute Gasteiger partial charge is 0.296 e. The molecule has 0 heterocycles. The zero-order valence-electron chi connectivity index (χ0n) is 23.3. The van der Waals surface area contributed by atoms with Crippen molar-refractivity contribution in [3.8, 4) is 0 Å². The van der Waals surface area contributed by atoms with E-state index < -0.39 is 22.3 Å². The van der Waals surface area contributed by atoms with E-state index in [1.54, 1.807) is 6.07 Å². The van der Waals surface area contributed by atoms with Crippen molar-refractivity contribution in [1.82, 2.24) is 0 Å². The first kappa shape index (κ1) is 29.0. The molecular formula is C30H45NO7S. The van der Waals surface area contributed by atoms with Gasteiger partial charge in [-0.1, -0.05) is 32.9 Å². The molecule has 1 aromatic carbocycles. The Morgan fingerprint density at radius 2 is 1.77 bits per heavy atom. The predicted molar refractivity (Wildman–Crippen MR) is 147 cm³/mol. The number of hydrogen-bond acceptors (Lipinski definition) is 6. The molecule has 1 aromatic rings. The molecule has 4 saturated carbocycles. The highest BCUT2D eigenvalue weighted by atomic mass is 32.2. The minimum Gasteiger partial charge on any atom is -0.393 e. The van der Waals surface area contributed by atoms with E-state index in [0.717, 1.165) is 38.5 Å². The molecule has 0 bridgehead atoms. The zero-order chi connectivity index (χ0) is 28.3. The van der Waals surface area contributed by atoms with Crippen molar-refractivity contribution in [2.45, 2.75) is 102 Å². The molecule has 0 radical (unpaired) electrons. The lowest BCUT2D eigenvalue weighted by Gasteiger charge is -2.63. The lowest BCUT2D eigenvalue weighted by molar-refractivity contribution is -0.207. The summed E-state index contributed by atoms with van der Waals surface area (Å²) >= 11 is 0. The minimum atomic E-state index is -4.46. The normalized spacial score (nSPS) is 42.6. The zero-order valence-corrected chi connectivity index (χ0v) is 24.1. The van der Waals surface area contributed by atoms with Crippen LogP contribution in [0.4, 0.5) is 5.69 Å². The molecule has 0 aromatic heterocycles. The summed E-state index contributed by atoms with van der Waals surface area (Å²) in [5, 5.41) is 36.1. The van der Waals surface area contributed by atoms with E-state index in [-0.39, 0.29) is 75.4 Å². The maximum absolute atomic E-state index is 12.8. The number of carbonyl (C=O) groups excluding carboxylic acids is 1. The number of rotatable bonds is 6. The van der Waals surface area contributed by atoms with Gasteiger partial charge in [-0.2, -0.15) is 8.42 Å². The van der Waals surface area contributed by atoms with Crippen LogP contribution in [0.15, 0.2) is 29.2 Å². The Balaban J connectivity index is 1.28. The van der Waals surface area contributed by atoms with Gasteiger partial charge in [0.05, 0.1) is 24.0 Å². The fraction of sp³-hybridized carbons (Fsp3) is 0.767. The third-order valence-electron chi connectivity index (χ3n) is 11.8. The first-order chi connectivity index (χ1) is 18.3. The summed E-state index contributed by atoms with van der Waals surface area (Å²) in [6.45, 7) is 6.66. The lowest BCUT2D eigenvalue weighted by Crippen LogP contribution is -2.62. The predicted octanol–water partition coefficient (Wildman–Crippen LogP) is 4.25. The van der Waals surface area contributed by atoms with E-state index in [0.29, 0.717) is 12.8 Å². The van der Waals surface area contributed by atoms with Gasteiger partial charge in [-0.3, -0.25) is 9.35 Å². The van der Waals surface area contributed by atoms with Crippen molar-refractivity contribution in [1.29, 1.82) is 0 Å². The Morgan fingerprint density at radius 1 is 1.05 bits per heavy atom. The van der Waals surface area contributed by atoms with Crippen LogP contribution in [0.25, 0.3) is 0 Å². The largest absolute Gasteiger partial charge is 0.393 e. The summed E-state index contributed by atoms with van der Waals surface area (Å²) in [7, 11) is -4.46. The fourth-order valence-corrected chi connectivity index (χ4v) is 10.3. The number of amides is 1. The molecule has 4 aliphatic carbocycles. The van der Waals surface area contributed by atoms with E-state index in [2.05, 4.69) is 26.1 Å². The maximum Gasteiger partial charge on any atom is 0.296 e. The SMILES string of the molecule is C[C@H](CCC(=O)Nc1ccccc1S(=O)(=O)O)C1CCC2C3C(O)CC4CC(O)CC[C@]4(C)C3CC(O)[C@@]21C. The van der Waals surface area contributed by atoms with E-state index >= 15 is 0 Å². The number of hydrogen-bond donors (Lipinski definition) is 5. The number of para-hydroxylation sites is 1. The highest BCUT2D eigenvalue weighted by Gasteiger charge is 2.65. The van der Waals surface area contributed by atoms with Crippen molar-refractivity contribution in [2.24, 2.45) is 46.3 Å². The van der Waals surface area contributed by atoms with Gasteiger partial charge in [-0.25, -0.2) is 0 Å². The Hall–Kier alpha value is -1.52. The third-order valence-corrected chi connectivity index (χ3v) is 12.7. The van der Waals surface area contributed by atoms with E-state index in [4.69, 9.17) is 0 Å². The number of aliphatic hydroxyl groups is 3. The van der Waals surface area contributed by atoms with E-state index in [1.807, 2.05) is 0 Å². The molecule has 11 atom stereocenters. The van der Waals surface area contributed by atoms with Crippen molar-refractivity contribution in [3.63, 3.8) is 0 Å². The molecular weight excluding hydrogens is 518 g/mol. The second kappa shape index (κ2) is 10.4. The van der Waals surface area contributed by atoms with Gasteiger partial charge in [0.15, 0.2) is 0 Å². The Morgan fingerprint density at radius 3 is 2.49 bits per heavy atom. The number of benzene rings is 1. The van der Waals surface area contributed by atoms with Gasteiger partial charge in [0.25, 0.3) is 10.1 Å². The monoisotopic (exact) mass is 563 g/mol. The summed E-state index contributed by atoms with van der Waals surface area (Å²) in [5.74, 6) is 0.943. The van der Waals surface area contributed by atoms with Crippen LogP contribution in [0, 0.1) is 46.3 Å². The van der Waals surface area contributed by atoms with Crippen molar-refractivity contribution in [2.75, 3.05) is 5.32 Å². The van der Waals surface area contributed by atoms with E-state index in [9.17, 15) is 33.1 Å². The molecule has 8 nitrogen and oxygen atoms in total. The van der Waals surface area contributed by atoms with Crippen LogP contribution in [0.1, 0.15) is 78.6 Å². The highest BCUT2D eigenvalue weighted by molar-refractivity contribution is 7.86. The van der Waals surface area contributed by atoms with Crippen LogP contribution in [0.2, 0.25) is 0 Å². The second-order valence-corrected chi connectivity index (χ2v) is 15.0. The van der Waals surface area contributed by atoms with Gasteiger partial charge in [0.2, 0.25) is 5.91 Å². The molecule has 39 heavy (non-hydrogen) atoms. The van der Waals surface area contributed by atoms with Crippen molar-refractivity contribution >= 4 is 21.7 Å². The molecule has 4 aliphatic rings. The van der Waals surface area contributed by atoms with Gasteiger partial charge in [0, 0.05) is 6.42 Å². The molecule has 1 amide bonds. The van der Waals surface area contributed by atoms with Crippen molar-refractivity contribution in [3.05, 3.63) is 24.3 Å². The fourth-order valence-electron chi connectivity index (χ4n) is 9.70. The first-order valence-corrected chi connectivity index (χ1v) is 16.1. The highest BCUT2D eigenvalue weighted by Crippen LogP contribution is 2.68. The van der Waals surface area contributed by atoms with Crippen LogP contribution >= 0.6 is 0 Å². The Labute approximate surface area is 232 Å². The Bertz CT molecular complexity index is 1190. The number of nitrogens with one attached hydrogen (secondary N) is 1. The summed E-state index contributed by atoms with van der Waals surface area (Å²) in [6.07, 6.45) is 5.38. The van der Waals surface area contributed by atoms with Gasteiger partial charge in [0.1, 0.15) is 4.90 Å². The van der Waals surface area contributed by atoms with Crippen LogP contribution in [0.5, 0.6) is 0 Å². The van der Waals surface area contributed by atoms with Crippen LogP contribution < -0.4 is 5.32 Å². The quantitative estimate of drug-likeness (QED) is 0.326. The molecule has 0 spiro atoms. The minimum absolute atomic E-state index is 0.0333. The molecule has 8 unspecified atom stereocenters. The van der Waals surface area contributed by atoms with Gasteiger partial charge in [-0.15, -0.1) is 0 Å². The molecule has 0 saturated heterocycles. The van der Waals surface area contributed by atoms with Crippen LogP contribution in [-0.4, -0.2) is 52.5 Å². The molecule has 5 N–H and O–H groups in total. The van der Waals surface area contributed by atoms with Crippen LogP contribution in [-0.2, 0) is 14.9 Å². The molecule has 0 aliphatic heterocycles. The van der Waals surface area contributed by atoms with E-state index in [1.165, 1.54) is 18.2 Å². The Kier molecular flexibility index (Phi) is 7.72. The van der Waals surface area contributed by atoms with Gasteiger partial charge < -0.3 is 20.6 Å².